The molecule has 0 radical (unpaired) electrons. The molecule has 0 aliphatic rings. The average molecular weight is 286 g/mol. The van der Waals surface area contributed by atoms with Crippen molar-refractivity contribution < 1.29 is 9.53 Å². The van der Waals surface area contributed by atoms with E-state index < -0.39 is 0 Å². The van der Waals surface area contributed by atoms with Crippen LogP contribution in [0.5, 0.6) is 5.75 Å². The predicted molar refractivity (Wildman–Crippen MR) is 82.8 cm³/mol. The van der Waals surface area contributed by atoms with E-state index in [-0.39, 0.29) is 11.9 Å². The van der Waals surface area contributed by atoms with Crippen molar-refractivity contribution in [3.8, 4) is 5.75 Å². The zero-order valence-corrected chi connectivity index (χ0v) is 13.1. The Labute approximate surface area is 125 Å². The fourth-order valence-corrected chi connectivity index (χ4v) is 2.19. The summed E-state index contributed by atoms with van der Waals surface area (Å²) in [5.74, 6) is 0.810. The minimum atomic E-state index is 0.0786. The highest BCUT2D eigenvalue weighted by atomic mass is 16.5. The van der Waals surface area contributed by atoms with E-state index in [2.05, 4.69) is 12.0 Å². The normalized spacial score (nSPS) is 10.9. The molecule has 1 heterocycles. The summed E-state index contributed by atoms with van der Waals surface area (Å²) in [5, 5.41) is 4.37. The number of aryl methyl sites for hydroxylation is 2. The summed E-state index contributed by atoms with van der Waals surface area (Å²) < 4.78 is 7.41. The number of rotatable bonds is 6. The van der Waals surface area contributed by atoms with Gasteiger partial charge in [0.2, 0.25) is 0 Å². The van der Waals surface area contributed by atoms with Gasteiger partial charge in [0, 0.05) is 18.3 Å². The van der Waals surface area contributed by atoms with Gasteiger partial charge in [0.1, 0.15) is 5.75 Å². The van der Waals surface area contributed by atoms with E-state index in [0.29, 0.717) is 12.0 Å². The molecule has 0 aliphatic carbocycles. The number of hydrogen-bond acceptors (Lipinski definition) is 3. The molecule has 21 heavy (non-hydrogen) atoms. The molecule has 0 aliphatic heterocycles. The lowest BCUT2D eigenvalue weighted by Gasteiger charge is -2.10. The van der Waals surface area contributed by atoms with Crippen molar-refractivity contribution in [1.82, 2.24) is 9.78 Å². The van der Waals surface area contributed by atoms with Gasteiger partial charge in [0.25, 0.3) is 0 Å². The number of benzene rings is 1. The first-order chi connectivity index (χ1) is 9.99. The van der Waals surface area contributed by atoms with Gasteiger partial charge in [-0.2, -0.15) is 5.10 Å². The first-order valence-corrected chi connectivity index (χ1v) is 7.31. The molecule has 0 atom stereocenters. The molecule has 2 aromatic rings. The summed E-state index contributed by atoms with van der Waals surface area (Å²) in [6.07, 6.45) is 1.33. The van der Waals surface area contributed by atoms with Crippen LogP contribution in [0.2, 0.25) is 0 Å². The molecule has 4 heteroatoms. The molecule has 0 N–H and O–H groups in total. The van der Waals surface area contributed by atoms with Crippen molar-refractivity contribution in [3.63, 3.8) is 0 Å². The Bertz CT molecular complexity index is 629. The van der Waals surface area contributed by atoms with Crippen LogP contribution in [0.1, 0.15) is 42.5 Å². The van der Waals surface area contributed by atoms with Gasteiger partial charge in [-0.1, -0.05) is 19.1 Å². The minimum Gasteiger partial charge on any atom is -0.491 e. The number of ether oxygens (including phenoxy) is 1. The summed E-state index contributed by atoms with van der Waals surface area (Å²) in [6.45, 7) is 5.99. The van der Waals surface area contributed by atoms with Gasteiger partial charge in [-0.25, -0.2) is 0 Å². The van der Waals surface area contributed by atoms with E-state index in [4.69, 9.17) is 4.74 Å². The summed E-state index contributed by atoms with van der Waals surface area (Å²) in [6, 6.07) is 9.35. The standard InChI is InChI=1S/C17H22N2O2/c1-5-14-10-15(19(4)18-14)11-17(20)13-7-6-8-16(9-13)21-12(2)3/h6-10,12H,5,11H2,1-4H3. The third-order valence-corrected chi connectivity index (χ3v) is 3.26. The minimum absolute atomic E-state index is 0.0786. The van der Waals surface area contributed by atoms with Gasteiger partial charge < -0.3 is 4.74 Å². The van der Waals surface area contributed by atoms with Crippen molar-refractivity contribution in [3.05, 3.63) is 47.3 Å². The number of ketones is 1. The van der Waals surface area contributed by atoms with Gasteiger partial charge in [-0.3, -0.25) is 9.48 Å². The number of nitrogens with zero attached hydrogens (tertiary/aromatic N) is 2. The Morgan fingerprint density at radius 1 is 1.33 bits per heavy atom. The van der Waals surface area contributed by atoms with Crippen LogP contribution < -0.4 is 4.74 Å². The maximum absolute atomic E-state index is 12.4. The van der Waals surface area contributed by atoms with E-state index >= 15 is 0 Å². The van der Waals surface area contributed by atoms with E-state index in [0.717, 1.165) is 23.6 Å². The molecule has 112 valence electrons. The molecule has 0 saturated carbocycles. The second-order valence-electron chi connectivity index (χ2n) is 5.40. The van der Waals surface area contributed by atoms with E-state index in [9.17, 15) is 4.79 Å². The summed E-state index contributed by atoms with van der Waals surface area (Å²) >= 11 is 0. The first kappa shape index (κ1) is 15.3. The van der Waals surface area contributed by atoms with Crippen molar-refractivity contribution in [1.29, 1.82) is 0 Å². The molecule has 1 aromatic carbocycles. The van der Waals surface area contributed by atoms with Gasteiger partial charge in [-0.15, -0.1) is 0 Å². The van der Waals surface area contributed by atoms with Crippen molar-refractivity contribution in [2.75, 3.05) is 0 Å². The number of Topliss-reactive ketones (excluding diaryl/α,β-unsaturated/α-hetero) is 1. The highest BCUT2D eigenvalue weighted by molar-refractivity contribution is 5.97. The zero-order valence-electron chi connectivity index (χ0n) is 13.1. The van der Waals surface area contributed by atoms with Gasteiger partial charge in [-0.05, 0) is 38.5 Å². The maximum atomic E-state index is 12.4. The van der Waals surface area contributed by atoms with Crippen LogP contribution in [0.4, 0.5) is 0 Å². The van der Waals surface area contributed by atoms with Crippen LogP contribution >= 0.6 is 0 Å². The highest BCUT2D eigenvalue weighted by Gasteiger charge is 2.12. The number of carbonyl (C=O) groups is 1. The van der Waals surface area contributed by atoms with E-state index in [1.54, 1.807) is 10.7 Å². The Morgan fingerprint density at radius 3 is 2.71 bits per heavy atom. The van der Waals surface area contributed by atoms with E-state index in [1.807, 2.05) is 45.2 Å². The van der Waals surface area contributed by atoms with Gasteiger partial charge in [0.05, 0.1) is 18.2 Å². The van der Waals surface area contributed by atoms with Crippen LogP contribution in [0.25, 0.3) is 0 Å². The second-order valence-corrected chi connectivity index (χ2v) is 5.40. The predicted octanol–water partition coefficient (Wildman–Crippen LogP) is 3.20. The highest BCUT2D eigenvalue weighted by Crippen LogP contribution is 2.17. The number of carbonyl (C=O) groups excluding carboxylic acids is 1. The fourth-order valence-electron chi connectivity index (χ4n) is 2.19. The average Bonchev–Trinajstić information content (AvgIpc) is 2.79. The quantitative estimate of drug-likeness (QED) is 0.766. The smallest absolute Gasteiger partial charge is 0.168 e. The third-order valence-electron chi connectivity index (χ3n) is 3.26. The molecule has 0 spiro atoms. The monoisotopic (exact) mass is 286 g/mol. The Hall–Kier alpha value is -2.10. The molecule has 0 bridgehead atoms. The van der Waals surface area contributed by atoms with Crippen LogP contribution in [0.15, 0.2) is 30.3 Å². The molecule has 0 amide bonds. The summed E-state index contributed by atoms with van der Waals surface area (Å²) in [5.41, 5.74) is 2.62. The van der Waals surface area contributed by atoms with Crippen molar-refractivity contribution in [2.24, 2.45) is 7.05 Å². The lowest BCUT2D eigenvalue weighted by Crippen LogP contribution is -2.09. The van der Waals surface area contributed by atoms with Crippen molar-refractivity contribution >= 4 is 5.78 Å². The molecule has 0 saturated heterocycles. The van der Waals surface area contributed by atoms with Crippen LogP contribution in [-0.2, 0) is 19.9 Å². The Kier molecular flexibility index (Phi) is 4.78. The zero-order chi connectivity index (χ0) is 15.4. The third kappa shape index (κ3) is 3.94. The molecular formula is C17H22N2O2. The molecular weight excluding hydrogens is 264 g/mol. The molecule has 2 rings (SSSR count). The summed E-state index contributed by atoms with van der Waals surface area (Å²) in [7, 11) is 1.88. The first-order valence-electron chi connectivity index (χ1n) is 7.31. The number of hydrogen-bond donors (Lipinski definition) is 0. The van der Waals surface area contributed by atoms with Crippen molar-refractivity contribution in [2.45, 2.75) is 39.7 Å². The van der Waals surface area contributed by atoms with Gasteiger partial charge >= 0.3 is 0 Å². The Balaban J connectivity index is 2.14. The molecule has 1 aromatic heterocycles. The van der Waals surface area contributed by atoms with Gasteiger partial charge in [0.15, 0.2) is 5.78 Å². The molecule has 4 nitrogen and oxygen atoms in total. The second kappa shape index (κ2) is 6.57. The molecule has 0 fully saturated rings. The SMILES string of the molecule is CCc1cc(CC(=O)c2cccc(OC(C)C)c2)n(C)n1. The number of aromatic nitrogens is 2. The lowest BCUT2D eigenvalue weighted by molar-refractivity contribution is 0.0990. The lowest BCUT2D eigenvalue weighted by atomic mass is 10.1. The van der Waals surface area contributed by atoms with E-state index in [1.165, 1.54) is 0 Å². The fraction of sp³-hybridized carbons (Fsp3) is 0.412. The van der Waals surface area contributed by atoms with Crippen LogP contribution in [0, 0.1) is 0 Å². The Morgan fingerprint density at radius 2 is 2.10 bits per heavy atom. The van der Waals surface area contributed by atoms with Crippen LogP contribution in [0.3, 0.4) is 0 Å². The largest absolute Gasteiger partial charge is 0.491 e. The molecule has 0 unspecified atom stereocenters. The van der Waals surface area contributed by atoms with Crippen LogP contribution in [-0.4, -0.2) is 21.7 Å². The summed E-state index contributed by atoms with van der Waals surface area (Å²) in [4.78, 5) is 12.4. The topological polar surface area (TPSA) is 44.1 Å². The maximum Gasteiger partial charge on any atom is 0.168 e.